The van der Waals surface area contributed by atoms with Crippen LogP contribution in [0.15, 0.2) is 49.0 Å². The topological polar surface area (TPSA) is 105 Å². The van der Waals surface area contributed by atoms with Crippen LogP contribution in [0.5, 0.6) is 5.75 Å². The number of ether oxygens (including phenoxy) is 2. The van der Waals surface area contributed by atoms with E-state index in [9.17, 15) is 4.79 Å². The summed E-state index contributed by atoms with van der Waals surface area (Å²) < 4.78 is 11.8. The first-order chi connectivity index (χ1) is 20.9. The van der Waals surface area contributed by atoms with E-state index in [-0.39, 0.29) is 24.5 Å². The van der Waals surface area contributed by atoms with Gasteiger partial charge in [-0.05, 0) is 70.8 Å². The number of anilines is 1. The third-order valence-electron chi connectivity index (χ3n) is 7.25. The van der Waals surface area contributed by atoms with Crippen molar-refractivity contribution in [2.75, 3.05) is 38.7 Å². The van der Waals surface area contributed by atoms with Crippen molar-refractivity contribution < 1.29 is 24.4 Å². The lowest BCUT2D eigenvalue weighted by Gasteiger charge is -2.30. The molecule has 1 unspecified atom stereocenters. The van der Waals surface area contributed by atoms with Gasteiger partial charge in [0.05, 0.1) is 56.6 Å². The van der Waals surface area contributed by atoms with E-state index in [2.05, 4.69) is 47.9 Å². The van der Waals surface area contributed by atoms with Crippen LogP contribution < -0.4 is 15.4 Å². The summed E-state index contributed by atoms with van der Waals surface area (Å²) in [7, 11) is 1.62. The molecule has 0 spiro atoms. The van der Waals surface area contributed by atoms with Gasteiger partial charge < -0.3 is 25.0 Å². The Kier molecular flexibility index (Phi) is 20.9. The number of nitrogens with one attached hydrogen (secondary N) is 2. The number of nitrogens with zero attached hydrogens (tertiary/aromatic N) is 2. The van der Waals surface area contributed by atoms with E-state index in [0.717, 1.165) is 63.0 Å². The number of amides is 1. The van der Waals surface area contributed by atoms with E-state index in [4.69, 9.17) is 14.7 Å². The van der Waals surface area contributed by atoms with Crippen molar-refractivity contribution in [1.82, 2.24) is 15.2 Å². The standard InChI is InChI=1S/C27H42N4O5.C4H8.C3H8/c1-4-7-26(28-13-5-2)30-24-17-29-21(15-25(24)34-3)16-27(32)31-14-6-8-22(31)19-35-23-11-9-20(10-12-23)18-36-33;1-3-4-2;1-3-2/h5,7,15,17,20,22-23,28,30,33H,2,4,6,8-14,16,18-19H2,1,3H3;3-4H,1-2H3;3H2,1-2H3/b26-7+;4-3-;. The van der Waals surface area contributed by atoms with Crippen LogP contribution in [0.3, 0.4) is 0 Å². The second-order valence-corrected chi connectivity index (χ2v) is 10.9. The molecule has 1 amide bonds. The molecular formula is C34H58N4O5. The summed E-state index contributed by atoms with van der Waals surface area (Å²) in [5.74, 6) is 1.97. The maximum atomic E-state index is 13.2. The Hall–Kier alpha value is -2.88. The minimum atomic E-state index is 0.0689. The van der Waals surface area contributed by atoms with E-state index in [0.29, 0.717) is 37.1 Å². The van der Waals surface area contributed by atoms with E-state index in [1.165, 1.54) is 6.42 Å². The van der Waals surface area contributed by atoms with E-state index < -0.39 is 0 Å². The summed E-state index contributed by atoms with van der Waals surface area (Å²) in [6, 6.07) is 1.93. The van der Waals surface area contributed by atoms with Crippen LogP contribution in [0.1, 0.15) is 91.7 Å². The fourth-order valence-electron chi connectivity index (χ4n) is 4.95. The maximum Gasteiger partial charge on any atom is 0.228 e. The molecule has 43 heavy (non-hydrogen) atoms. The van der Waals surface area contributed by atoms with Gasteiger partial charge in [-0.15, -0.1) is 6.58 Å². The first-order valence-corrected chi connectivity index (χ1v) is 16.0. The Balaban J connectivity index is 0.00000119. The molecule has 1 saturated heterocycles. The number of methoxy groups -OCH3 is 1. The number of pyridine rings is 1. The number of allylic oxidation sites excluding steroid dienone is 3. The number of aromatic nitrogens is 1. The Morgan fingerprint density at radius 3 is 2.42 bits per heavy atom. The van der Waals surface area contributed by atoms with Crippen LogP contribution in [0, 0.1) is 5.92 Å². The molecule has 2 heterocycles. The third-order valence-corrected chi connectivity index (χ3v) is 7.25. The largest absolute Gasteiger partial charge is 0.494 e. The Bertz CT molecular complexity index is 956. The van der Waals surface area contributed by atoms with Gasteiger partial charge in [0.1, 0.15) is 11.4 Å². The number of carbonyl (C=O) groups excluding carboxylic acids is 1. The van der Waals surface area contributed by atoms with Crippen molar-refractivity contribution in [3.8, 4) is 5.75 Å². The van der Waals surface area contributed by atoms with Crippen LogP contribution in [-0.4, -0.2) is 66.6 Å². The van der Waals surface area contributed by atoms with Gasteiger partial charge in [0, 0.05) is 19.2 Å². The van der Waals surface area contributed by atoms with Gasteiger partial charge >= 0.3 is 0 Å². The summed E-state index contributed by atoms with van der Waals surface area (Å²) in [5, 5.41) is 15.2. The molecule has 1 atom stereocenters. The summed E-state index contributed by atoms with van der Waals surface area (Å²) in [6.45, 7) is 16.4. The molecule has 244 valence electrons. The van der Waals surface area contributed by atoms with Gasteiger partial charge in [0.25, 0.3) is 0 Å². The zero-order valence-corrected chi connectivity index (χ0v) is 27.6. The molecule has 2 fully saturated rings. The van der Waals surface area contributed by atoms with Crippen LogP contribution in [0.4, 0.5) is 5.69 Å². The molecule has 9 nitrogen and oxygen atoms in total. The van der Waals surface area contributed by atoms with Gasteiger partial charge in [0.15, 0.2) is 0 Å². The minimum absolute atomic E-state index is 0.0689. The molecule has 0 aromatic carbocycles. The number of rotatable bonds is 14. The summed E-state index contributed by atoms with van der Waals surface area (Å²) in [6.07, 6.45) is 18.0. The van der Waals surface area contributed by atoms with Crippen LogP contribution >= 0.6 is 0 Å². The van der Waals surface area contributed by atoms with Crippen LogP contribution in [-0.2, 0) is 20.8 Å². The molecule has 1 aromatic heterocycles. The van der Waals surface area contributed by atoms with E-state index in [1.54, 1.807) is 19.4 Å². The minimum Gasteiger partial charge on any atom is -0.494 e. The van der Waals surface area contributed by atoms with Crippen molar-refractivity contribution in [2.45, 2.75) is 105 Å². The number of hydrogen-bond donors (Lipinski definition) is 3. The molecule has 1 aliphatic carbocycles. The summed E-state index contributed by atoms with van der Waals surface area (Å²) in [5.41, 5.74) is 1.41. The van der Waals surface area contributed by atoms with E-state index >= 15 is 0 Å². The highest BCUT2D eigenvalue weighted by Crippen LogP contribution is 2.29. The molecular weight excluding hydrogens is 544 g/mol. The molecule has 1 saturated carbocycles. The van der Waals surface area contributed by atoms with Crippen molar-refractivity contribution in [1.29, 1.82) is 0 Å². The van der Waals surface area contributed by atoms with Gasteiger partial charge in [-0.1, -0.05) is 45.4 Å². The SMILES string of the molecule is C/C=C\C.C=CCN/C(=C\CC)Nc1cnc(CC(=O)N2CCCC2COC2CCC(COO)CC2)cc1OC.CCC. The number of carbonyl (C=O) groups is 1. The van der Waals surface area contributed by atoms with Gasteiger partial charge in [-0.3, -0.25) is 15.0 Å². The van der Waals surface area contributed by atoms with Gasteiger partial charge in [0.2, 0.25) is 5.91 Å². The van der Waals surface area contributed by atoms with Gasteiger partial charge in [-0.25, -0.2) is 4.89 Å². The molecule has 2 aliphatic rings. The highest BCUT2D eigenvalue weighted by molar-refractivity contribution is 5.79. The van der Waals surface area contributed by atoms with Crippen molar-refractivity contribution in [3.05, 3.63) is 54.7 Å². The average molecular weight is 603 g/mol. The smallest absolute Gasteiger partial charge is 0.228 e. The number of likely N-dealkylation sites (tertiary alicyclic amines) is 1. The first-order valence-electron chi connectivity index (χ1n) is 16.0. The zero-order chi connectivity index (χ0) is 31.9. The Morgan fingerprint density at radius 1 is 1.14 bits per heavy atom. The zero-order valence-electron chi connectivity index (χ0n) is 27.6. The van der Waals surface area contributed by atoms with Crippen LogP contribution in [0.25, 0.3) is 0 Å². The first kappa shape index (κ1) is 38.1. The lowest BCUT2D eigenvalue weighted by Crippen LogP contribution is -2.40. The highest BCUT2D eigenvalue weighted by Gasteiger charge is 2.31. The highest BCUT2D eigenvalue weighted by atomic mass is 17.1. The molecule has 1 aliphatic heterocycles. The van der Waals surface area contributed by atoms with Crippen molar-refractivity contribution in [3.63, 3.8) is 0 Å². The Labute approximate surface area is 260 Å². The van der Waals surface area contributed by atoms with E-state index in [1.807, 2.05) is 43.0 Å². The lowest BCUT2D eigenvalue weighted by molar-refractivity contribution is -0.253. The second-order valence-electron chi connectivity index (χ2n) is 10.9. The molecule has 1 aromatic rings. The quantitative estimate of drug-likeness (QED) is 0.117. The fraction of sp³-hybridized carbons (Fsp3) is 0.647. The van der Waals surface area contributed by atoms with Gasteiger partial charge in [-0.2, -0.15) is 0 Å². The normalized spacial score (nSPS) is 20.0. The van der Waals surface area contributed by atoms with Crippen molar-refractivity contribution in [2.24, 2.45) is 5.92 Å². The third kappa shape index (κ3) is 14.9. The predicted octanol–water partition coefficient (Wildman–Crippen LogP) is 7.13. The molecule has 3 N–H and O–H groups in total. The lowest BCUT2D eigenvalue weighted by atomic mass is 9.88. The average Bonchev–Trinajstić information content (AvgIpc) is 3.50. The Morgan fingerprint density at radius 2 is 1.84 bits per heavy atom. The molecule has 0 bridgehead atoms. The van der Waals surface area contributed by atoms with Crippen molar-refractivity contribution >= 4 is 11.6 Å². The summed E-state index contributed by atoms with van der Waals surface area (Å²) in [4.78, 5) is 23.9. The maximum absolute atomic E-state index is 13.2. The molecule has 3 rings (SSSR count). The second kappa shape index (κ2) is 23.6. The molecule has 0 radical (unpaired) electrons. The summed E-state index contributed by atoms with van der Waals surface area (Å²) >= 11 is 0. The van der Waals surface area contributed by atoms with Crippen LogP contribution in [0.2, 0.25) is 0 Å². The fourth-order valence-corrected chi connectivity index (χ4v) is 4.95. The predicted molar refractivity (Wildman–Crippen MR) is 176 cm³/mol. The number of hydrogen-bond acceptors (Lipinski definition) is 8. The molecule has 9 heteroatoms. The monoisotopic (exact) mass is 602 g/mol.